The highest BCUT2D eigenvalue weighted by Crippen LogP contribution is 2.25. The molecule has 1 saturated heterocycles. The first-order valence-corrected chi connectivity index (χ1v) is 12.1. The Hall–Kier alpha value is -3.67. The summed E-state index contributed by atoms with van der Waals surface area (Å²) in [5, 5.41) is 11.8. The van der Waals surface area contributed by atoms with Crippen molar-refractivity contribution in [2.75, 3.05) is 18.4 Å². The smallest absolute Gasteiger partial charge is 0.253 e. The van der Waals surface area contributed by atoms with Gasteiger partial charge < -0.3 is 10.2 Å². The molecule has 1 unspecified atom stereocenters. The molecule has 0 radical (unpaired) electrons. The van der Waals surface area contributed by atoms with E-state index in [0.29, 0.717) is 12.5 Å². The van der Waals surface area contributed by atoms with Gasteiger partial charge in [-0.05, 0) is 85.5 Å². The predicted molar refractivity (Wildman–Crippen MR) is 136 cm³/mol. The second-order valence-electron chi connectivity index (χ2n) is 9.33. The van der Waals surface area contributed by atoms with Crippen LogP contribution < -0.4 is 5.32 Å². The molecule has 2 aromatic carbocycles. The average Bonchev–Trinajstić information content (AvgIpc) is 3.21. The van der Waals surface area contributed by atoms with Gasteiger partial charge in [0.05, 0.1) is 11.7 Å². The third-order valence-corrected chi connectivity index (χ3v) is 6.85. The van der Waals surface area contributed by atoms with Crippen LogP contribution in [0.1, 0.15) is 46.3 Å². The van der Waals surface area contributed by atoms with Gasteiger partial charge in [-0.3, -0.25) is 14.9 Å². The number of likely N-dealkylation sites (tertiary alicyclic amines) is 1. The minimum Gasteiger partial charge on any atom is -0.381 e. The molecule has 0 saturated carbocycles. The zero-order valence-corrected chi connectivity index (χ0v) is 19.6. The van der Waals surface area contributed by atoms with Gasteiger partial charge in [-0.25, -0.2) is 0 Å². The van der Waals surface area contributed by atoms with Crippen LogP contribution in [-0.4, -0.2) is 39.1 Å². The van der Waals surface area contributed by atoms with Crippen molar-refractivity contribution in [1.82, 2.24) is 20.1 Å². The van der Waals surface area contributed by atoms with Crippen LogP contribution in [0, 0.1) is 12.8 Å². The topological polar surface area (TPSA) is 73.9 Å². The molecule has 6 nitrogen and oxygen atoms in total. The van der Waals surface area contributed by atoms with Gasteiger partial charge in [0.1, 0.15) is 0 Å². The van der Waals surface area contributed by atoms with E-state index >= 15 is 0 Å². The fourth-order valence-corrected chi connectivity index (χ4v) is 4.85. The molecule has 0 spiro atoms. The lowest BCUT2D eigenvalue weighted by Crippen LogP contribution is -2.32. The summed E-state index contributed by atoms with van der Waals surface area (Å²) in [5.74, 6) is 0.724. The quantitative estimate of drug-likeness (QED) is 0.412. The molecule has 0 bridgehead atoms. The fraction of sp³-hybridized carbons (Fsp3) is 0.321. The maximum absolute atomic E-state index is 13.3. The number of nitrogens with one attached hydrogen (secondary N) is 2. The molecule has 2 aromatic heterocycles. The molecule has 6 heteroatoms. The van der Waals surface area contributed by atoms with E-state index in [-0.39, 0.29) is 5.91 Å². The second kappa shape index (κ2) is 10.1. The molecule has 1 atom stereocenters. The number of carbonyl (C=O) groups excluding carboxylic acids is 1. The maximum atomic E-state index is 13.3. The number of pyridine rings is 1. The molecular formula is C28H31N5O. The number of hydrogen-bond acceptors (Lipinski definition) is 4. The van der Waals surface area contributed by atoms with Gasteiger partial charge in [-0.15, -0.1) is 0 Å². The van der Waals surface area contributed by atoms with Crippen LogP contribution in [0.3, 0.4) is 0 Å². The number of amides is 1. The molecule has 4 aromatic rings. The van der Waals surface area contributed by atoms with Crippen molar-refractivity contribution in [1.29, 1.82) is 0 Å². The highest BCUT2D eigenvalue weighted by atomic mass is 16.2. The van der Waals surface area contributed by atoms with Crippen LogP contribution in [0.4, 0.5) is 5.69 Å². The number of benzene rings is 2. The summed E-state index contributed by atoms with van der Waals surface area (Å²) in [6.07, 6.45) is 9.80. The van der Waals surface area contributed by atoms with Crippen molar-refractivity contribution in [3.63, 3.8) is 0 Å². The number of anilines is 1. The normalized spacial score (nSPS) is 16.4. The predicted octanol–water partition coefficient (Wildman–Crippen LogP) is 5.36. The van der Waals surface area contributed by atoms with Crippen LogP contribution >= 0.6 is 0 Å². The van der Waals surface area contributed by atoms with Gasteiger partial charge in [-0.2, -0.15) is 5.10 Å². The van der Waals surface area contributed by atoms with E-state index in [1.54, 1.807) is 6.20 Å². The standard InChI is InChI=1S/C28H31N5O/c1-20-6-8-24(16-27(20)30-18-23-4-2-11-29-17-23)28(34)33-12-3-5-21(10-13-33)14-22-7-9-26-25(15-22)19-31-32-26/h2,4,6-9,11,15-17,19,21,30H,3,5,10,12-14,18H2,1H3,(H,31,32). The number of hydrogen-bond donors (Lipinski definition) is 2. The Morgan fingerprint density at radius 1 is 1.09 bits per heavy atom. The molecule has 174 valence electrons. The zero-order chi connectivity index (χ0) is 23.3. The highest BCUT2D eigenvalue weighted by Gasteiger charge is 2.22. The highest BCUT2D eigenvalue weighted by molar-refractivity contribution is 5.95. The molecular weight excluding hydrogens is 422 g/mol. The Labute approximate surface area is 200 Å². The summed E-state index contributed by atoms with van der Waals surface area (Å²) < 4.78 is 0. The van der Waals surface area contributed by atoms with Gasteiger partial charge in [0.25, 0.3) is 5.91 Å². The van der Waals surface area contributed by atoms with Crippen molar-refractivity contribution in [2.24, 2.45) is 5.92 Å². The molecule has 2 N–H and O–H groups in total. The Morgan fingerprint density at radius 3 is 2.91 bits per heavy atom. The van der Waals surface area contributed by atoms with Gasteiger partial charge >= 0.3 is 0 Å². The minimum absolute atomic E-state index is 0.130. The first-order valence-electron chi connectivity index (χ1n) is 12.1. The second-order valence-corrected chi connectivity index (χ2v) is 9.33. The van der Waals surface area contributed by atoms with E-state index in [4.69, 9.17) is 0 Å². The van der Waals surface area contributed by atoms with Crippen LogP contribution in [0.2, 0.25) is 0 Å². The number of carbonyl (C=O) groups is 1. The number of rotatable bonds is 6. The lowest BCUT2D eigenvalue weighted by Gasteiger charge is -2.22. The number of aromatic nitrogens is 3. The van der Waals surface area contributed by atoms with Gasteiger partial charge in [0, 0.05) is 48.7 Å². The first kappa shape index (κ1) is 22.1. The van der Waals surface area contributed by atoms with E-state index in [0.717, 1.165) is 72.1 Å². The Balaban J connectivity index is 1.21. The van der Waals surface area contributed by atoms with E-state index < -0.39 is 0 Å². The fourth-order valence-electron chi connectivity index (χ4n) is 4.85. The van der Waals surface area contributed by atoms with Crippen molar-refractivity contribution in [3.8, 4) is 0 Å². The van der Waals surface area contributed by atoms with Crippen LogP contribution in [0.15, 0.2) is 67.1 Å². The van der Waals surface area contributed by atoms with E-state index in [2.05, 4.69) is 45.6 Å². The number of H-pyrrole nitrogens is 1. The van der Waals surface area contributed by atoms with Gasteiger partial charge in [0.15, 0.2) is 0 Å². The molecule has 0 aliphatic carbocycles. The lowest BCUT2D eigenvalue weighted by molar-refractivity contribution is 0.0760. The third-order valence-electron chi connectivity index (χ3n) is 6.85. The van der Waals surface area contributed by atoms with E-state index in [9.17, 15) is 4.79 Å². The summed E-state index contributed by atoms with van der Waals surface area (Å²) in [6, 6.07) is 16.5. The molecule has 1 fully saturated rings. The lowest BCUT2D eigenvalue weighted by atomic mass is 9.92. The van der Waals surface area contributed by atoms with Crippen molar-refractivity contribution < 1.29 is 4.79 Å². The Morgan fingerprint density at radius 2 is 2.03 bits per heavy atom. The number of nitrogens with zero attached hydrogens (tertiary/aromatic N) is 3. The molecule has 34 heavy (non-hydrogen) atoms. The Kier molecular flexibility index (Phi) is 6.56. The number of aromatic amines is 1. The summed E-state index contributed by atoms with van der Waals surface area (Å²) >= 11 is 0. The van der Waals surface area contributed by atoms with E-state index in [1.165, 1.54) is 5.56 Å². The van der Waals surface area contributed by atoms with Gasteiger partial charge in [0.2, 0.25) is 0 Å². The largest absolute Gasteiger partial charge is 0.381 e. The van der Waals surface area contributed by atoms with E-state index in [1.807, 2.05) is 47.6 Å². The molecule has 1 aliphatic rings. The summed E-state index contributed by atoms with van der Waals surface area (Å²) in [7, 11) is 0. The van der Waals surface area contributed by atoms with Crippen molar-refractivity contribution in [3.05, 3.63) is 89.4 Å². The van der Waals surface area contributed by atoms with Crippen molar-refractivity contribution in [2.45, 2.75) is 39.2 Å². The third kappa shape index (κ3) is 5.11. The number of aryl methyl sites for hydroxylation is 1. The summed E-state index contributed by atoms with van der Waals surface area (Å²) in [4.78, 5) is 19.6. The summed E-state index contributed by atoms with van der Waals surface area (Å²) in [6.45, 7) is 4.38. The van der Waals surface area contributed by atoms with Crippen LogP contribution in [0.5, 0.6) is 0 Å². The summed E-state index contributed by atoms with van der Waals surface area (Å²) in [5.41, 5.74) is 6.42. The molecule has 5 rings (SSSR count). The minimum atomic E-state index is 0.130. The maximum Gasteiger partial charge on any atom is 0.253 e. The molecule has 1 aliphatic heterocycles. The SMILES string of the molecule is Cc1ccc(C(=O)N2CCCC(Cc3ccc4[nH]ncc4c3)CC2)cc1NCc1cccnc1. The molecule has 1 amide bonds. The average molecular weight is 454 g/mol. The van der Waals surface area contributed by atoms with Gasteiger partial charge in [-0.1, -0.05) is 18.2 Å². The van der Waals surface area contributed by atoms with Crippen LogP contribution in [0.25, 0.3) is 10.9 Å². The molecule has 3 heterocycles. The number of fused-ring (bicyclic) bond motifs is 1. The first-order chi connectivity index (χ1) is 16.7. The zero-order valence-electron chi connectivity index (χ0n) is 19.6. The Bertz CT molecular complexity index is 1270. The van der Waals surface area contributed by atoms with Crippen LogP contribution in [-0.2, 0) is 13.0 Å². The monoisotopic (exact) mass is 453 g/mol. The van der Waals surface area contributed by atoms with Crippen molar-refractivity contribution >= 4 is 22.5 Å².